The monoisotopic (exact) mass is 286 g/mol. The molecule has 2 rings (SSSR count). The second kappa shape index (κ2) is 4.46. The maximum atomic E-state index is 12.9. The Balaban J connectivity index is 2.14. The van der Waals surface area contributed by atoms with E-state index in [1.165, 1.54) is 12.1 Å². The Morgan fingerprint density at radius 3 is 2.88 bits per heavy atom. The first-order valence-corrected chi connectivity index (χ1v) is 6.40. The van der Waals surface area contributed by atoms with E-state index in [0.717, 1.165) is 35.7 Å². The van der Waals surface area contributed by atoms with Gasteiger partial charge in [0.15, 0.2) is 0 Å². The highest BCUT2D eigenvalue weighted by atomic mass is 79.9. The van der Waals surface area contributed by atoms with Crippen LogP contribution < -0.4 is 0 Å². The SMILES string of the molecule is CC1(Cc2ccc(F)cc2Br)CCC(O)C1. The standard InChI is InChI=1S/C13H16BrFO/c1-13(5-4-11(16)8-13)7-9-2-3-10(15)6-12(9)14/h2-3,6,11,16H,4-5,7-8H2,1H3. The maximum Gasteiger partial charge on any atom is 0.124 e. The smallest absolute Gasteiger partial charge is 0.124 e. The van der Waals surface area contributed by atoms with Gasteiger partial charge in [0.25, 0.3) is 0 Å². The number of hydrogen-bond acceptors (Lipinski definition) is 1. The van der Waals surface area contributed by atoms with E-state index in [4.69, 9.17) is 0 Å². The Bertz CT molecular complexity index is 394. The summed E-state index contributed by atoms with van der Waals surface area (Å²) < 4.78 is 13.8. The molecule has 16 heavy (non-hydrogen) atoms. The van der Waals surface area contributed by atoms with Gasteiger partial charge in [0, 0.05) is 4.47 Å². The fourth-order valence-electron chi connectivity index (χ4n) is 2.57. The summed E-state index contributed by atoms with van der Waals surface area (Å²) in [5.41, 5.74) is 1.28. The molecular formula is C13H16BrFO. The van der Waals surface area contributed by atoms with Gasteiger partial charge in [0.05, 0.1) is 6.10 Å². The van der Waals surface area contributed by atoms with Gasteiger partial charge in [-0.25, -0.2) is 4.39 Å². The summed E-state index contributed by atoms with van der Waals surface area (Å²) in [6, 6.07) is 4.83. The molecule has 2 unspecified atom stereocenters. The molecule has 0 saturated heterocycles. The highest BCUT2D eigenvalue weighted by molar-refractivity contribution is 9.10. The number of rotatable bonds is 2. The molecule has 0 aliphatic heterocycles. The fraction of sp³-hybridized carbons (Fsp3) is 0.538. The highest BCUT2D eigenvalue weighted by Gasteiger charge is 2.34. The molecule has 0 aromatic heterocycles. The number of aliphatic hydroxyl groups excluding tert-OH is 1. The normalized spacial score (nSPS) is 29.6. The molecule has 2 atom stereocenters. The molecule has 0 heterocycles. The van der Waals surface area contributed by atoms with E-state index in [9.17, 15) is 9.50 Å². The Labute approximate surface area is 104 Å². The molecule has 1 saturated carbocycles. The quantitative estimate of drug-likeness (QED) is 0.879. The van der Waals surface area contributed by atoms with Crippen molar-refractivity contribution in [2.75, 3.05) is 0 Å². The van der Waals surface area contributed by atoms with Crippen molar-refractivity contribution in [3.8, 4) is 0 Å². The van der Waals surface area contributed by atoms with E-state index in [-0.39, 0.29) is 17.3 Å². The summed E-state index contributed by atoms with van der Waals surface area (Å²) in [7, 11) is 0. The zero-order valence-electron chi connectivity index (χ0n) is 9.34. The van der Waals surface area contributed by atoms with Crippen LogP contribution in [0.25, 0.3) is 0 Å². The third-order valence-corrected chi connectivity index (χ3v) is 4.18. The van der Waals surface area contributed by atoms with Crippen LogP contribution >= 0.6 is 15.9 Å². The average molecular weight is 287 g/mol. The van der Waals surface area contributed by atoms with Gasteiger partial charge in [-0.1, -0.05) is 28.9 Å². The topological polar surface area (TPSA) is 20.2 Å². The molecule has 1 fully saturated rings. The summed E-state index contributed by atoms with van der Waals surface area (Å²) >= 11 is 3.39. The van der Waals surface area contributed by atoms with Crippen LogP contribution in [0, 0.1) is 11.2 Å². The summed E-state index contributed by atoms with van der Waals surface area (Å²) in [5.74, 6) is -0.216. The maximum absolute atomic E-state index is 12.9. The van der Waals surface area contributed by atoms with Gasteiger partial charge in [0.2, 0.25) is 0 Å². The first-order chi connectivity index (χ1) is 7.48. The second-order valence-electron chi connectivity index (χ2n) is 5.12. The van der Waals surface area contributed by atoms with Gasteiger partial charge in [-0.05, 0) is 48.8 Å². The highest BCUT2D eigenvalue weighted by Crippen LogP contribution is 2.41. The molecule has 0 bridgehead atoms. The second-order valence-corrected chi connectivity index (χ2v) is 5.97. The number of halogens is 2. The van der Waals surface area contributed by atoms with Gasteiger partial charge in [-0.2, -0.15) is 0 Å². The molecule has 1 aliphatic carbocycles. The first-order valence-electron chi connectivity index (χ1n) is 5.60. The lowest BCUT2D eigenvalue weighted by atomic mass is 9.82. The van der Waals surface area contributed by atoms with E-state index < -0.39 is 0 Å². The lowest BCUT2D eigenvalue weighted by molar-refractivity contribution is 0.163. The number of aliphatic hydroxyl groups is 1. The summed E-state index contributed by atoms with van der Waals surface area (Å²) in [5, 5.41) is 9.58. The Morgan fingerprint density at radius 1 is 1.56 bits per heavy atom. The van der Waals surface area contributed by atoms with Gasteiger partial charge in [-0.15, -0.1) is 0 Å². The van der Waals surface area contributed by atoms with E-state index in [2.05, 4.69) is 22.9 Å². The van der Waals surface area contributed by atoms with Crippen molar-refractivity contribution in [1.29, 1.82) is 0 Å². The number of hydrogen-bond donors (Lipinski definition) is 1. The molecule has 1 aliphatic rings. The van der Waals surface area contributed by atoms with Crippen LogP contribution in [0.2, 0.25) is 0 Å². The van der Waals surface area contributed by atoms with Gasteiger partial charge in [0.1, 0.15) is 5.82 Å². The minimum Gasteiger partial charge on any atom is -0.393 e. The van der Waals surface area contributed by atoms with Crippen molar-refractivity contribution in [3.63, 3.8) is 0 Å². The molecule has 1 N–H and O–H groups in total. The lowest BCUT2D eigenvalue weighted by Crippen LogP contribution is -2.17. The van der Waals surface area contributed by atoms with Crippen molar-refractivity contribution in [3.05, 3.63) is 34.1 Å². The average Bonchev–Trinajstić information content (AvgIpc) is 2.52. The summed E-state index contributed by atoms with van der Waals surface area (Å²) in [4.78, 5) is 0. The summed E-state index contributed by atoms with van der Waals surface area (Å²) in [6.07, 6.45) is 3.50. The van der Waals surface area contributed by atoms with Crippen LogP contribution in [0.4, 0.5) is 4.39 Å². The molecule has 1 aromatic carbocycles. The fourth-order valence-corrected chi connectivity index (χ4v) is 3.06. The van der Waals surface area contributed by atoms with Crippen LogP contribution in [0.1, 0.15) is 31.7 Å². The van der Waals surface area contributed by atoms with E-state index in [1.807, 2.05) is 6.07 Å². The van der Waals surface area contributed by atoms with Gasteiger partial charge < -0.3 is 5.11 Å². The Hall–Kier alpha value is -0.410. The lowest BCUT2D eigenvalue weighted by Gasteiger charge is -2.24. The number of benzene rings is 1. The zero-order chi connectivity index (χ0) is 11.8. The molecule has 0 radical (unpaired) electrons. The van der Waals surface area contributed by atoms with E-state index >= 15 is 0 Å². The third-order valence-electron chi connectivity index (χ3n) is 3.44. The van der Waals surface area contributed by atoms with Crippen molar-refractivity contribution < 1.29 is 9.50 Å². The van der Waals surface area contributed by atoms with Crippen molar-refractivity contribution in [2.45, 2.75) is 38.7 Å². The predicted octanol–water partition coefficient (Wildman–Crippen LogP) is 3.68. The van der Waals surface area contributed by atoms with Crippen LogP contribution in [0.15, 0.2) is 22.7 Å². The van der Waals surface area contributed by atoms with Crippen molar-refractivity contribution in [2.24, 2.45) is 5.41 Å². The molecule has 3 heteroatoms. The van der Waals surface area contributed by atoms with Gasteiger partial charge in [-0.3, -0.25) is 0 Å². The molecular weight excluding hydrogens is 271 g/mol. The van der Waals surface area contributed by atoms with Crippen LogP contribution in [-0.2, 0) is 6.42 Å². The van der Waals surface area contributed by atoms with Crippen LogP contribution in [0.3, 0.4) is 0 Å². The zero-order valence-corrected chi connectivity index (χ0v) is 10.9. The molecule has 1 nitrogen and oxygen atoms in total. The Morgan fingerprint density at radius 2 is 2.31 bits per heavy atom. The molecule has 0 spiro atoms. The molecule has 0 amide bonds. The van der Waals surface area contributed by atoms with E-state index in [0.29, 0.717) is 0 Å². The molecule has 88 valence electrons. The molecule has 1 aromatic rings. The predicted molar refractivity (Wildman–Crippen MR) is 65.8 cm³/mol. The first kappa shape index (κ1) is 12.1. The Kier molecular flexibility index (Phi) is 3.36. The van der Waals surface area contributed by atoms with Crippen LogP contribution in [0.5, 0.6) is 0 Å². The van der Waals surface area contributed by atoms with Crippen molar-refractivity contribution >= 4 is 15.9 Å². The minimum absolute atomic E-state index is 0.153. The van der Waals surface area contributed by atoms with E-state index in [1.54, 1.807) is 0 Å². The third kappa shape index (κ3) is 2.64. The van der Waals surface area contributed by atoms with Crippen molar-refractivity contribution in [1.82, 2.24) is 0 Å². The largest absolute Gasteiger partial charge is 0.393 e. The van der Waals surface area contributed by atoms with Gasteiger partial charge >= 0.3 is 0 Å². The minimum atomic E-state index is -0.216. The van der Waals surface area contributed by atoms with Crippen LogP contribution in [-0.4, -0.2) is 11.2 Å². The summed E-state index contributed by atoms with van der Waals surface area (Å²) in [6.45, 7) is 2.19.